The Kier molecular flexibility index (Phi) is 6.86. The largest absolute Gasteiger partial charge is 0.435 e. The molecule has 0 aliphatic heterocycles. The van der Waals surface area contributed by atoms with Crippen LogP contribution in [0, 0.1) is 13.8 Å². The summed E-state index contributed by atoms with van der Waals surface area (Å²) in [4.78, 5) is 12.1. The predicted molar refractivity (Wildman–Crippen MR) is 97.4 cm³/mol. The van der Waals surface area contributed by atoms with Gasteiger partial charge in [-0.3, -0.25) is 4.79 Å². The Bertz CT molecular complexity index is 900. The summed E-state index contributed by atoms with van der Waals surface area (Å²) < 4.78 is 55.4. The Morgan fingerprint density at radius 3 is 2.37 bits per heavy atom. The minimum absolute atomic E-state index is 0.0239. The van der Waals surface area contributed by atoms with Crippen molar-refractivity contribution in [3.63, 3.8) is 0 Å². The molecule has 2 aromatic carbocycles. The van der Waals surface area contributed by atoms with Gasteiger partial charge in [0.1, 0.15) is 5.75 Å². The summed E-state index contributed by atoms with van der Waals surface area (Å²) in [5, 5.41) is 2.55. The number of amides is 1. The van der Waals surface area contributed by atoms with Crippen molar-refractivity contribution in [2.45, 2.75) is 31.8 Å². The zero-order valence-corrected chi connectivity index (χ0v) is 15.6. The van der Waals surface area contributed by atoms with E-state index in [1.54, 1.807) is 19.1 Å². The SMILES string of the molecule is Cc1ccc(S(=O)(=O)NCCC(=O)Nc2ccc(OC(F)F)cc2)c(C)c1. The number of carbonyl (C=O) groups excluding carboxylic acids is 1. The summed E-state index contributed by atoms with van der Waals surface area (Å²) in [6.45, 7) is 0.576. The van der Waals surface area contributed by atoms with Crippen molar-refractivity contribution in [3.05, 3.63) is 53.6 Å². The lowest BCUT2D eigenvalue weighted by Gasteiger charge is -2.10. The number of anilines is 1. The fourth-order valence-corrected chi connectivity index (χ4v) is 3.68. The van der Waals surface area contributed by atoms with Gasteiger partial charge in [0.05, 0.1) is 4.90 Å². The molecule has 2 aromatic rings. The second-order valence-electron chi connectivity index (χ2n) is 5.87. The third-order valence-corrected chi connectivity index (χ3v) is 5.25. The van der Waals surface area contributed by atoms with Gasteiger partial charge in [-0.1, -0.05) is 17.7 Å². The van der Waals surface area contributed by atoms with Crippen molar-refractivity contribution in [1.82, 2.24) is 4.72 Å². The molecule has 6 nitrogen and oxygen atoms in total. The molecule has 0 aromatic heterocycles. The molecule has 0 bridgehead atoms. The van der Waals surface area contributed by atoms with Gasteiger partial charge in [0, 0.05) is 18.7 Å². The third kappa shape index (κ3) is 6.30. The smallest absolute Gasteiger partial charge is 0.387 e. The Labute approximate surface area is 156 Å². The molecule has 0 saturated carbocycles. The fourth-order valence-electron chi connectivity index (χ4n) is 2.42. The maximum absolute atomic E-state index is 12.3. The van der Waals surface area contributed by atoms with Crippen LogP contribution in [0.15, 0.2) is 47.4 Å². The molecule has 2 rings (SSSR count). The van der Waals surface area contributed by atoms with Gasteiger partial charge < -0.3 is 10.1 Å². The van der Waals surface area contributed by atoms with Crippen LogP contribution in [0.2, 0.25) is 0 Å². The van der Waals surface area contributed by atoms with Gasteiger partial charge >= 0.3 is 6.61 Å². The number of hydrogen-bond donors (Lipinski definition) is 2. The summed E-state index contributed by atoms with van der Waals surface area (Å²) in [5.41, 5.74) is 1.97. The number of sulfonamides is 1. The highest BCUT2D eigenvalue weighted by atomic mass is 32.2. The van der Waals surface area contributed by atoms with Gasteiger partial charge in [-0.05, 0) is 49.7 Å². The zero-order chi connectivity index (χ0) is 20.0. The van der Waals surface area contributed by atoms with Gasteiger partial charge in [-0.15, -0.1) is 0 Å². The van der Waals surface area contributed by atoms with Gasteiger partial charge in [0.15, 0.2) is 0 Å². The lowest BCUT2D eigenvalue weighted by molar-refractivity contribution is -0.116. The molecule has 0 spiro atoms. The number of ether oxygens (including phenoxy) is 1. The molecule has 27 heavy (non-hydrogen) atoms. The number of benzene rings is 2. The normalized spacial score (nSPS) is 11.4. The Hall–Kier alpha value is -2.52. The first-order chi connectivity index (χ1) is 12.7. The molecule has 0 heterocycles. The van der Waals surface area contributed by atoms with E-state index in [1.807, 2.05) is 6.92 Å². The molecule has 1 amide bonds. The van der Waals surface area contributed by atoms with Gasteiger partial charge in [-0.25, -0.2) is 13.1 Å². The molecule has 0 aliphatic rings. The van der Waals surface area contributed by atoms with Gasteiger partial charge in [-0.2, -0.15) is 8.78 Å². The number of alkyl halides is 2. The average molecular weight is 398 g/mol. The van der Waals surface area contributed by atoms with Crippen molar-refractivity contribution in [2.75, 3.05) is 11.9 Å². The van der Waals surface area contributed by atoms with Crippen molar-refractivity contribution in [2.24, 2.45) is 0 Å². The summed E-state index contributed by atoms with van der Waals surface area (Å²) in [6.07, 6.45) is -0.0839. The summed E-state index contributed by atoms with van der Waals surface area (Å²) >= 11 is 0. The van der Waals surface area contributed by atoms with Gasteiger partial charge in [0.2, 0.25) is 15.9 Å². The molecular weight excluding hydrogens is 378 g/mol. The Balaban J connectivity index is 1.86. The minimum Gasteiger partial charge on any atom is -0.435 e. The molecule has 0 atom stereocenters. The van der Waals surface area contributed by atoms with Crippen molar-refractivity contribution >= 4 is 21.6 Å². The second kappa shape index (κ2) is 8.92. The number of rotatable bonds is 8. The highest BCUT2D eigenvalue weighted by Crippen LogP contribution is 2.18. The lowest BCUT2D eigenvalue weighted by Crippen LogP contribution is -2.28. The average Bonchev–Trinajstić information content (AvgIpc) is 2.55. The first-order valence-electron chi connectivity index (χ1n) is 8.09. The number of halogens is 2. The van der Waals surface area contributed by atoms with E-state index in [-0.39, 0.29) is 23.6 Å². The second-order valence-corrected chi connectivity index (χ2v) is 7.60. The standard InChI is InChI=1S/C18H20F2N2O4S/c1-12-3-8-16(13(2)11-12)27(24,25)21-10-9-17(23)22-14-4-6-15(7-5-14)26-18(19)20/h3-8,11,18,21H,9-10H2,1-2H3,(H,22,23). The van der Waals surface area contributed by atoms with E-state index in [1.165, 1.54) is 30.3 Å². The fraction of sp³-hybridized carbons (Fsp3) is 0.278. The van der Waals surface area contributed by atoms with E-state index in [2.05, 4.69) is 14.8 Å². The van der Waals surface area contributed by atoms with E-state index in [9.17, 15) is 22.0 Å². The molecule has 2 N–H and O–H groups in total. The first kappa shape index (κ1) is 20.8. The Morgan fingerprint density at radius 2 is 1.78 bits per heavy atom. The topological polar surface area (TPSA) is 84.5 Å². The maximum Gasteiger partial charge on any atom is 0.387 e. The van der Waals surface area contributed by atoms with Crippen molar-refractivity contribution in [3.8, 4) is 5.75 Å². The molecule has 0 radical (unpaired) electrons. The molecule has 0 unspecified atom stereocenters. The molecule has 0 aliphatic carbocycles. The summed E-state index contributed by atoms with van der Waals surface area (Å²) in [5.74, 6) is -0.440. The summed E-state index contributed by atoms with van der Waals surface area (Å²) in [6, 6.07) is 10.4. The summed E-state index contributed by atoms with van der Waals surface area (Å²) in [7, 11) is -3.71. The number of hydrogen-bond acceptors (Lipinski definition) is 4. The maximum atomic E-state index is 12.3. The number of aryl methyl sites for hydroxylation is 2. The monoisotopic (exact) mass is 398 g/mol. The highest BCUT2D eigenvalue weighted by molar-refractivity contribution is 7.89. The molecular formula is C18H20F2N2O4S. The minimum atomic E-state index is -3.71. The zero-order valence-electron chi connectivity index (χ0n) is 14.8. The number of carbonyl (C=O) groups is 1. The molecule has 0 fully saturated rings. The van der Waals surface area contributed by atoms with Crippen LogP contribution >= 0.6 is 0 Å². The first-order valence-corrected chi connectivity index (χ1v) is 9.57. The van der Waals surface area contributed by atoms with E-state index in [0.717, 1.165) is 5.56 Å². The van der Waals surface area contributed by atoms with Crippen LogP contribution in [0.5, 0.6) is 5.75 Å². The molecule has 9 heteroatoms. The van der Waals surface area contributed by atoms with E-state index in [4.69, 9.17) is 0 Å². The van der Waals surface area contributed by atoms with E-state index >= 15 is 0 Å². The predicted octanol–water partition coefficient (Wildman–Crippen LogP) is 3.21. The van der Waals surface area contributed by atoms with Crippen molar-refractivity contribution in [1.29, 1.82) is 0 Å². The van der Waals surface area contributed by atoms with Crippen LogP contribution in [0.4, 0.5) is 14.5 Å². The Morgan fingerprint density at radius 1 is 1.11 bits per heavy atom. The van der Waals surface area contributed by atoms with Crippen LogP contribution in [0.25, 0.3) is 0 Å². The quantitative estimate of drug-likeness (QED) is 0.715. The van der Waals surface area contributed by atoms with Crippen LogP contribution in [-0.4, -0.2) is 27.5 Å². The molecule has 0 saturated heterocycles. The van der Waals surface area contributed by atoms with Gasteiger partial charge in [0.25, 0.3) is 0 Å². The van der Waals surface area contributed by atoms with Crippen molar-refractivity contribution < 1.29 is 26.7 Å². The molecule has 146 valence electrons. The van der Waals surface area contributed by atoms with Crippen LogP contribution < -0.4 is 14.8 Å². The lowest BCUT2D eigenvalue weighted by atomic mass is 10.2. The third-order valence-electron chi connectivity index (χ3n) is 3.63. The van der Waals surface area contributed by atoms with Crippen LogP contribution in [0.3, 0.4) is 0 Å². The van der Waals surface area contributed by atoms with E-state index < -0.39 is 22.5 Å². The van der Waals surface area contributed by atoms with Crippen LogP contribution in [-0.2, 0) is 14.8 Å². The highest BCUT2D eigenvalue weighted by Gasteiger charge is 2.16. The van der Waals surface area contributed by atoms with Crippen LogP contribution in [0.1, 0.15) is 17.5 Å². The number of nitrogens with one attached hydrogen (secondary N) is 2. The van der Waals surface area contributed by atoms with E-state index in [0.29, 0.717) is 11.3 Å².